The number of carbonyl (C=O) groups is 2. The summed E-state index contributed by atoms with van der Waals surface area (Å²) >= 11 is 0. The number of hydrogen-bond acceptors (Lipinski definition) is 5. The Morgan fingerprint density at radius 1 is 0.808 bits per heavy atom. The first-order chi connectivity index (χ1) is 12.5. The monoisotopic (exact) mass is 373 g/mol. The summed E-state index contributed by atoms with van der Waals surface area (Å²) in [6.45, 7) is 0. The lowest BCUT2D eigenvalue weighted by atomic mass is 10.2. The molecule has 2 atom stereocenters. The van der Waals surface area contributed by atoms with Crippen molar-refractivity contribution in [1.82, 2.24) is 4.90 Å². The van der Waals surface area contributed by atoms with E-state index in [1.54, 1.807) is 19.0 Å². The number of benzene rings is 2. The Labute approximate surface area is 155 Å². The number of methoxy groups -OCH3 is 2. The predicted molar refractivity (Wildman–Crippen MR) is 104 cm³/mol. The topological polar surface area (TPSA) is 55.8 Å². The Kier molecular flexibility index (Phi) is 7.31. The van der Waals surface area contributed by atoms with E-state index in [9.17, 15) is 9.59 Å². The van der Waals surface area contributed by atoms with Crippen LogP contribution in [-0.4, -0.2) is 56.9 Å². The molecule has 5 nitrogen and oxygen atoms in total. The van der Waals surface area contributed by atoms with Gasteiger partial charge in [0, 0.05) is 0 Å². The Hall–Kier alpha value is -2.23. The van der Waals surface area contributed by atoms with Crippen molar-refractivity contribution >= 4 is 30.5 Å². The van der Waals surface area contributed by atoms with Gasteiger partial charge in [-0.3, -0.25) is 14.5 Å². The smallest absolute Gasteiger partial charge is 0.324 e. The standard InChI is InChI=1S/C20H24NO4P/c1-21(2)17(19(22)24-3)18(20(23)25-4)26(15-11-7-5-8-12-15)16-13-9-6-10-14-16/h5-14,17-18H,1-4H3/t17-,18-/m0/s1. The summed E-state index contributed by atoms with van der Waals surface area (Å²) in [6, 6.07) is 18.8. The number of rotatable bonds is 7. The van der Waals surface area contributed by atoms with Crippen molar-refractivity contribution < 1.29 is 19.1 Å². The van der Waals surface area contributed by atoms with Crippen molar-refractivity contribution in [3.63, 3.8) is 0 Å². The van der Waals surface area contributed by atoms with E-state index >= 15 is 0 Å². The number of nitrogens with zero attached hydrogens (tertiary/aromatic N) is 1. The third-order valence-corrected chi connectivity index (χ3v) is 6.85. The lowest BCUT2D eigenvalue weighted by Crippen LogP contribution is -2.51. The highest BCUT2D eigenvalue weighted by atomic mass is 31.1. The maximum absolute atomic E-state index is 12.8. The van der Waals surface area contributed by atoms with Crippen LogP contribution in [0.25, 0.3) is 0 Å². The number of hydrogen-bond donors (Lipinski definition) is 0. The van der Waals surface area contributed by atoms with Crippen LogP contribution >= 0.6 is 7.92 Å². The number of esters is 2. The molecule has 0 saturated heterocycles. The van der Waals surface area contributed by atoms with Gasteiger partial charge in [-0.25, -0.2) is 0 Å². The second kappa shape index (κ2) is 9.46. The molecule has 2 rings (SSSR count). The molecule has 0 aliphatic heterocycles. The fourth-order valence-electron chi connectivity index (χ4n) is 2.89. The van der Waals surface area contributed by atoms with Crippen LogP contribution in [0.1, 0.15) is 0 Å². The molecule has 0 spiro atoms. The van der Waals surface area contributed by atoms with Gasteiger partial charge in [0.25, 0.3) is 0 Å². The van der Waals surface area contributed by atoms with Crippen molar-refractivity contribution in [2.45, 2.75) is 11.7 Å². The summed E-state index contributed by atoms with van der Waals surface area (Å²) in [5.41, 5.74) is -0.692. The average Bonchev–Trinajstić information content (AvgIpc) is 2.68. The van der Waals surface area contributed by atoms with Crippen molar-refractivity contribution in [2.75, 3.05) is 28.3 Å². The van der Waals surface area contributed by atoms with Crippen LogP contribution in [0.5, 0.6) is 0 Å². The van der Waals surface area contributed by atoms with Crippen LogP contribution < -0.4 is 10.6 Å². The van der Waals surface area contributed by atoms with E-state index in [-0.39, 0.29) is 0 Å². The number of ether oxygens (including phenoxy) is 2. The molecule has 0 unspecified atom stereocenters. The molecular weight excluding hydrogens is 349 g/mol. The van der Waals surface area contributed by atoms with Gasteiger partial charge in [-0.2, -0.15) is 0 Å². The second-order valence-electron chi connectivity index (χ2n) is 5.94. The first kappa shape index (κ1) is 20.1. The van der Waals surface area contributed by atoms with Crippen LogP contribution in [0.15, 0.2) is 60.7 Å². The zero-order valence-corrected chi connectivity index (χ0v) is 16.4. The molecule has 0 aliphatic carbocycles. The van der Waals surface area contributed by atoms with Gasteiger partial charge in [-0.15, -0.1) is 0 Å². The minimum absolute atomic E-state index is 0.423. The molecule has 0 heterocycles. The highest BCUT2D eigenvalue weighted by Crippen LogP contribution is 2.43. The van der Waals surface area contributed by atoms with Crippen LogP contribution in [0.2, 0.25) is 0 Å². The summed E-state index contributed by atoms with van der Waals surface area (Å²) in [7, 11) is 5.03. The highest BCUT2D eigenvalue weighted by molar-refractivity contribution is 7.74. The summed E-state index contributed by atoms with van der Waals surface area (Å²) in [5, 5.41) is 2.00. The van der Waals surface area contributed by atoms with Gasteiger partial charge in [-0.05, 0) is 32.6 Å². The van der Waals surface area contributed by atoms with Crippen molar-refractivity contribution in [1.29, 1.82) is 0 Å². The maximum atomic E-state index is 12.8. The van der Waals surface area contributed by atoms with Crippen LogP contribution in [0, 0.1) is 0 Å². The third kappa shape index (κ3) is 4.48. The fourth-order valence-corrected chi connectivity index (χ4v) is 5.80. The minimum atomic E-state index is -1.19. The Morgan fingerprint density at radius 3 is 1.58 bits per heavy atom. The molecular formula is C20H24NO4P. The Morgan fingerprint density at radius 2 is 1.23 bits per heavy atom. The minimum Gasteiger partial charge on any atom is -0.468 e. The largest absolute Gasteiger partial charge is 0.468 e. The molecule has 2 aromatic carbocycles. The van der Waals surface area contributed by atoms with Crippen molar-refractivity contribution in [3.8, 4) is 0 Å². The lowest BCUT2D eigenvalue weighted by molar-refractivity contribution is -0.151. The SMILES string of the molecule is COC(=O)[C@H]([C@@H](C(=O)OC)P(c1ccccc1)c1ccccc1)N(C)C. The first-order valence-corrected chi connectivity index (χ1v) is 9.63. The summed E-state index contributed by atoms with van der Waals surface area (Å²) in [5.74, 6) is -0.877. The first-order valence-electron chi connectivity index (χ1n) is 8.22. The zero-order chi connectivity index (χ0) is 19.1. The second-order valence-corrected chi connectivity index (χ2v) is 8.27. The highest BCUT2D eigenvalue weighted by Gasteiger charge is 2.43. The summed E-state index contributed by atoms with van der Waals surface area (Å²) < 4.78 is 10.1. The van der Waals surface area contributed by atoms with E-state index in [0.717, 1.165) is 10.6 Å². The lowest BCUT2D eigenvalue weighted by Gasteiger charge is -2.34. The summed E-state index contributed by atoms with van der Waals surface area (Å²) in [4.78, 5) is 27.1. The molecule has 0 aliphatic rings. The molecule has 0 amide bonds. The fraction of sp³-hybridized carbons (Fsp3) is 0.300. The van der Waals surface area contributed by atoms with Crippen LogP contribution in [0.3, 0.4) is 0 Å². The summed E-state index contributed by atoms with van der Waals surface area (Å²) in [6.07, 6.45) is 0. The van der Waals surface area contributed by atoms with Crippen molar-refractivity contribution in [2.24, 2.45) is 0 Å². The van der Waals surface area contributed by atoms with Crippen LogP contribution in [0.4, 0.5) is 0 Å². The maximum Gasteiger partial charge on any atom is 0.324 e. The predicted octanol–water partition coefficient (Wildman–Crippen LogP) is 1.76. The third-order valence-electron chi connectivity index (χ3n) is 4.09. The molecule has 0 aromatic heterocycles. The van der Waals surface area contributed by atoms with E-state index < -0.39 is 31.6 Å². The quantitative estimate of drug-likeness (QED) is 0.547. The molecule has 6 heteroatoms. The van der Waals surface area contributed by atoms with Gasteiger partial charge >= 0.3 is 11.9 Å². The Bertz CT molecular complexity index is 682. The molecule has 138 valence electrons. The van der Waals surface area contributed by atoms with Gasteiger partial charge in [0.05, 0.1) is 14.2 Å². The molecule has 0 N–H and O–H groups in total. The van der Waals surface area contributed by atoms with Crippen LogP contribution in [-0.2, 0) is 19.1 Å². The van der Waals surface area contributed by atoms with Gasteiger partial charge in [0.2, 0.25) is 0 Å². The number of carbonyl (C=O) groups excluding carboxylic acids is 2. The van der Waals surface area contributed by atoms with E-state index in [0.29, 0.717) is 0 Å². The van der Waals surface area contributed by atoms with E-state index in [2.05, 4.69) is 0 Å². The van der Waals surface area contributed by atoms with Crippen molar-refractivity contribution in [3.05, 3.63) is 60.7 Å². The molecule has 26 heavy (non-hydrogen) atoms. The van der Waals surface area contributed by atoms with Gasteiger partial charge in [-0.1, -0.05) is 60.7 Å². The number of likely N-dealkylation sites (N-methyl/N-ethyl adjacent to an activating group) is 1. The molecule has 0 saturated carbocycles. The van der Waals surface area contributed by atoms with Gasteiger partial charge in [0.15, 0.2) is 0 Å². The zero-order valence-electron chi connectivity index (χ0n) is 15.5. The molecule has 0 radical (unpaired) electrons. The van der Waals surface area contributed by atoms with E-state index in [1.807, 2.05) is 60.7 Å². The van der Waals surface area contributed by atoms with E-state index in [1.165, 1.54) is 14.2 Å². The average molecular weight is 373 g/mol. The van der Waals surface area contributed by atoms with Gasteiger partial charge < -0.3 is 9.47 Å². The van der Waals surface area contributed by atoms with E-state index in [4.69, 9.17) is 9.47 Å². The van der Waals surface area contributed by atoms with Gasteiger partial charge in [0.1, 0.15) is 11.7 Å². The molecule has 2 aromatic rings. The molecule has 0 fully saturated rings. The normalized spacial score (nSPS) is 13.3. The Balaban J connectivity index is 2.66. The molecule has 0 bridgehead atoms.